The van der Waals surface area contributed by atoms with Gasteiger partial charge in [0.05, 0.1) is 30.5 Å². The zero-order valence-electron chi connectivity index (χ0n) is 16.1. The molecule has 3 rings (SSSR count). The third-order valence-corrected chi connectivity index (χ3v) is 5.12. The predicted molar refractivity (Wildman–Crippen MR) is 109 cm³/mol. The molecule has 1 amide bonds. The molecule has 5 nitrogen and oxygen atoms in total. The fourth-order valence-corrected chi connectivity index (χ4v) is 3.31. The van der Waals surface area contributed by atoms with Gasteiger partial charge in [-0.3, -0.25) is 4.79 Å². The molecule has 0 radical (unpaired) electrons. The van der Waals surface area contributed by atoms with Crippen molar-refractivity contribution in [3.63, 3.8) is 0 Å². The van der Waals surface area contributed by atoms with Crippen LogP contribution in [0.5, 0.6) is 5.75 Å². The van der Waals surface area contributed by atoms with Gasteiger partial charge in [0.15, 0.2) is 0 Å². The van der Waals surface area contributed by atoms with Crippen molar-refractivity contribution in [3.05, 3.63) is 53.6 Å². The number of rotatable bonds is 6. The van der Waals surface area contributed by atoms with Crippen LogP contribution in [0.25, 0.3) is 0 Å². The highest BCUT2D eigenvalue weighted by Gasteiger charge is 2.19. The van der Waals surface area contributed by atoms with Crippen LogP contribution in [0.3, 0.4) is 0 Å². The summed E-state index contributed by atoms with van der Waals surface area (Å²) in [7, 11) is 0. The van der Waals surface area contributed by atoms with Gasteiger partial charge in [-0.05, 0) is 56.0 Å². The first-order valence-electron chi connectivity index (χ1n) is 9.55. The van der Waals surface area contributed by atoms with Crippen molar-refractivity contribution < 1.29 is 14.6 Å². The molecular weight excluding hydrogens is 340 g/mol. The molecule has 0 aromatic heterocycles. The Labute approximate surface area is 161 Å². The van der Waals surface area contributed by atoms with Crippen molar-refractivity contribution >= 4 is 17.3 Å². The number of amides is 1. The van der Waals surface area contributed by atoms with E-state index < -0.39 is 0 Å². The number of para-hydroxylation sites is 2. The van der Waals surface area contributed by atoms with Crippen LogP contribution in [0.2, 0.25) is 0 Å². The number of piperidine rings is 1. The molecule has 0 aliphatic carbocycles. The Bertz CT molecular complexity index is 783. The Morgan fingerprint density at radius 3 is 2.67 bits per heavy atom. The van der Waals surface area contributed by atoms with E-state index in [-0.39, 0.29) is 12.0 Å². The number of aliphatic hydroxyl groups is 1. The number of carbonyl (C=O) groups is 1. The minimum Gasteiger partial charge on any atom is -0.493 e. The summed E-state index contributed by atoms with van der Waals surface area (Å²) in [5.74, 6) is 0.764. The summed E-state index contributed by atoms with van der Waals surface area (Å²) >= 11 is 0. The number of ether oxygens (including phenoxy) is 1. The maximum absolute atomic E-state index is 12.4. The average molecular weight is 368 g/mol. The van der Waals surface area contributed by atoms with Gasteiger partial charge in [0.2, 0.25) is 5.91 Å². The number of nitrogens with zero attached hydrogens (tertiary/aromatic N) is 1. The monoisotopic (exact) mass is 368 g/mol. The second kappa shape index (κ2) is 8.91. The lowest BCUT2D eigenvalue weighted by atomic mass is 10.1. The molecule has 1 aliphatic heterocycles. The molecule has 1 heterocycles. The number of hydrogen-bond acceptors (Lipinski definition) is 4. The number of aryl methyl sites for hydroxylation is 1. The van der Waals surface area contributed by atoms with E-state index in [9.17, 15) is 9.90 Å². The topological polar surface area (TPSA) is 61.8 Å². The van der Waals surface area contributed by atoms with Crippen LogP contribution >= 0.6 is 0 Å². The lowest BCUT2D eigenvalue weighted by Crippen LogP contribution is -2.36. The quantitative estimate of drug-likeness (QED) is 0.817. The lowest BCUT2D eigenvalue weighted by molar-refractivity contribution is -0.116. The van der Waals surface area contributed by atoms with Crippen LogP contribution in [0, 0.1) is 13.8 Å². The van der Waals surface area contributed by atoms with Gasteiger partial charge in [-0.1, -0.05) is 24.3 Å². The predicted octanol–water partition coefficient (Wildman–Crippen LogP) is 3.67. The summed E-state index contributed by atoms with van der Waals surface area (Å²) in [6, 6.07) is 13.8. The minimum absolute atomic E-state index is 0.0650. The normalized spacial score (nSPS) is 14.9. The van der Waals surface area contributed by atoms with Gasteiger partial charge in [-0.25, -0.2) is 0 Å². The van der Waals surface area contributed by atoms with Crippen LogP contribution in [0.4, 0.5) is 11.4 Å². The zero-order chi connectivity index (χ0) is 19.2. The number of aliphatic hydroxyl groups excluding tert-OH is 1. The number of anilines is 2. The highest BCUT2D eigenvalue weighted by molar-refractivity contribution is 5.94. The van der Waals surface area contributed by atoms with Crippen LogP contribution in [0.1, 0.15) is 30.4 Å². The molecule has 27 heavy (non-hydrogen) atoms. The maximum atomic E-state index is 12.4. The van der Waals surface area contributed by atoms with Crippen LogP contribution in [-0.2, 0) is 4.79 Å². The second-order valence-electron chi connectivity index (χ2n) is 7.08. The Morgan fingerprint density at radius 2 is 1.89 bits per heavy atom. The highest BCUT2D eigenvalue weighted by Crippen LogP contribution is 2.28. The van der Waals surface area contributed by atoms with Crippen molar-refractivity contribution in [2.45, 2.75) is 39.2 Å². The zero-order valence-corrected chi connectivity index (χ0v) is 16.1. The smallest absolute Gasteiger partial charge is 0.227 e. The SMILES string of the molecule is Cc1cccc(OCCC(=O)Nc2ccccc2N2CCC(O)CC2)c1C. The minimum atomic E-state index is -0.217. The van der Waals surface area contributed by atoms with Crippen molar-refractivity contribution in [1.82, 2.24) is 0 Å². The molecule has 0 unspecified atom stereocenters. The van der Waals surface area contributed by atoms with E-state index in [4.69, 9.17) is 4.74 Å². The van der Waals surface area contributed by atoms with E-state index in [0.29, 0.717) is 13.0 Å². The first-order valence-corrected chi connectivity index (χ1v) is 9.55. The number of carbonyl (C=O) groups excluding carboxylic acids is 1. The van der Waals surface area contributed by atoms with E-state index >= 15 is 0 Å². The Kier molecular flexibility index (Phi) is 6.35. The van der Waals surface area contributed by atoms with Gasteiger partial charge in [0, 0.05) is 13.1 Å². The van der Waals surface area contributed by atoms with E-state index in [1.54, 1.807) is 0 Å². The van der Waals surface area contributed by atoms with Gasteiger partial charge in [-0.15, -0.1) is 0 Å². The first-order chi connectivity index (χ1) is 13.0. The summed E-state index contributed by atoms with van der Waals surface area (Å²) in [5, 5.41) is 12.7. The number of nitrogens with one attached hydrogen (secondary N) is 1. The Morgan fingerprint density at radius 1 is 1.15 bits per heavy atom. The molecule has 1 aliphatic rings. The highest BCUT2D eigenvalue weighted by atomic mass is 16.5. The van der Waals surface area contributed by atoms with Gasteiger partial charge in [-0.2, -0.15) is 0 Å². The van der Waals surface area contributed by atoms with Gasteiger partial charge in [0.1, 0.15) is 5.75 Å². The van der Waals surface area contributed by atoms with Crippen LogP contribution < -0.4 is 15.0 Å². The van der Waals surface area contributed by atoms with E-state index in [1.165, 1.54) is 5.56 Å². The summed E-state index contributed by atoms with van der Waals surface area (Å²) < 4.78 is 5.79. The van der Waals surface area contributed by atoms with Crippen molar-refractivity contribution in [1.29, 1.82) is 0 Å². The molecule has 0 spiro atoms. The molecule has 1 fully saturated rings. The van der Waals surface area contributed by atoms with E-state index in [1.807, 2.05) is 56.3 Å². The Hall–Kier alpha value is -2.53. The summed E-state index contributed by atoms with van der Waals surface area (Å²) in [6.45, 7) is 6.00. The van der Waals surface area contributed by atoms with Gasteiger partial charge >= 0.3 is 0 Å². The molecule has 0 saturated carbocycles. The molecule has 2 N–H and O–H groups in total. The second-order valence-corrected chi connectivity index (χ2v) is 7.08. The number of benzene rings is 2. The van der Waals surface area contributed by atoms with Crippen LogP contribution in [-0.4, -0.2) is 36.8 Å². The largest absolute Gasteiger partial charge is 0.493 e. The van der Waals surface area contributed by atoms with Crippen molar-refractivity contribution in [2.24, 2.45) is 0 Å². The van der Waals surface area contributed by atoms with Gasteiger partial charge in [0.25, 0.3) is 0 Å². The third kappa shape index (κ3) is 5.01. The number of hydrogen-bond donors (Lipinski definition) is 2. The maximum Gasteiger partial charge on any atom is 0.227 e. The lowest BCUT2D eigenvalue weighted by Gasteiger charge is -2.32. The molecule has 0 bridgehead atoms. The molecule has 5 heteroatoms. The van der Waals surface area contributed by atoms with Gasteiger partial charge < -0.3 is 20.1 Å². The fourth-order valence-electron chi connectivity index (χ4n) is 3.31. The Balaban J connectivity index is 1.56. The van der Waals surface area contributed by atoms with E-state index in [2.05, 4.69) is 10.2 Å². The molecular formula is C22H28N2O3. The van der Waals surface area contributed by atoms with E-state index in [0.717, 1.165) is 48.6 Å². The summed E-state index contributed by atoms with van der Waals surface area (Å²) in [5.41, 5.74) is 4.10. The fraction of sp³-hybridized carbons (Fsp3) is 0.409. The molecule has 1 saturated heterocycles. The average Bonchev–Trinajstić information content (AvgIpc) is 2.66. The third-order valence-electron chi connectivity index (χ3n) is 5.12. The first kappa shape index (κ1) is 19.2. The molecule has 0 atom stereocenters. The molecule has 2 aromatic rings. The standard InChI is InChI=1S/C22H28N2O3/c1-16-6-5-9-21(17(16)2)27-15-12-22(26)23-19-7-3-4-8-20(19)24-13-10-18(25)11-14-24/h3-9,18,25H,10-15H2,1-2H3,(H,23,26). The summed E-state index contributed by atoms with van der Waals surface area (Å²) in [4.78, 5) is 14.6. The van der Waals surface area contributed by atoms with Crippen molar-refractivity contribution in [2.75, 3.05) is 29.9 Å². The molecule has 2 aromatic carbocycles. The molecule has 144 valence electrons. The summed E-state index contributed by atoms with van der Waals surface area (Å²) in [6.07, 6.45) is 1.59. The van der Waals surface area contributed by atoms with Crippen LogP contribution in [0.15, 0.2) is 42.5 Å². The van der Waals surface area contributed by atoms with Crippen molar-refractivity contribution in [3.8, 4) is 5.75 Å².